The molecule has 0 atom stereocenters. The van der Waals surface area contributed by atoms with Gasteiger partial charge in [-0.15, -0.1) is 0 Å². The van der Waals surface area contributed by atoms with Crippen molar-refractivity contribution in [3.63, 3.8) is 0 Å². The van der Waals surface area contributed by atoms with Crippen LogP contribution in [0, 0.1) is 11.8 Å². The van der Waals surface area contributed by atoms with Gasteiger partial charge in [0.25, 0.3) is 0 Å². The van der Waals surface area contributed by atoms with Gasteiger partial charge in [-0.1, -0.05) is 27.7 Å². The molecular formula is C14H26N2O3. The quantitative estimate of drug-likeness (QED) is 0.662. The molecule has 5 heteroatoms. The van der Waals surface area contributed by atoms with Crippen molar-refractivity contribution in [1.82, 2.24) is 10.3 Å². The lowest BCUT2D eigenvalue weighted by atomic mass is 10.2. The van der Waals surface area contributed by atoms with Gasteiger partial charge in [0.1, 0.15) is 12.9 Å². The van der Waals surface area contributed by atoms with Crippen molar-refractivity contribution in [2.45, 2.75) is 34.2 Å². The number of nitrogens with one attached hydrogen (secondary N) is 1. The summed E-state index contributed by atoms with van der Waals surface area (Å²) < 4.78 is 16.0. The van der Waals surface area contributed by atoms with E-state index in [-0.39, 0.29) is 0 Å². The van der Waals surface area contributed by atoms with Gasteiger partial charge in [-0.2, -0.15) is 4.98 Å². The molecule has 1 aromatic rings. The summed E-state index contributed by atoms with van der Waals surface area (Å²) in [4.78, 5) is 4.23. The van der Waals surface area contributed by atoms with Gasteiger partial charge in [-0.3, -0.25) is 0 Å². The van der Waals surface area contributed by atoms with Crippen LogP contribution in [0.4, 0.5) is 0 Å². The molecule has 0 spiro atoms. The Morgan fingerprint density at radius 1 is 1.21 bits per heavy atom. The highest BCUT2D eigenvalue weighted by atomic mass is 16.6. The highest BCUT2D eigenvalue weighted by Gasteiger charge is 2.05. The van der Waals surface area contributed by atoms with E-state index in [0.29, 0.717) is 37.7 Å². The van der Waals surface area contributed by atoms with Gasteiger partial charge < -0.3 is 19.2 Å². The van der Waals surface area contributed by atoms with Crippen LogP contribution in [0.3, 0.4) is 0 Å². The van der Waals surface area contributed by atoms with Crippen molar-refractivity contribution in [2.24, 2.45) is 11.8 Å². The second-order valence-electron chi connectivity index (χ2n) is 5.45. The molecule has 1 aromatic heterocycles. The van der Waals surface area contributed by atoms with Gasteiger partial charge in [0.15, 0.2) is 0 Å². The molecule has 5 nitrogen and oxygen atoms in total. The Labute approximate surface area is 115 Å². The fourth-order valence-corrected chi connectivity index (χ4v) is 1.43. The van der Waals surface area contributed by atoms with Crippen molar-refractivity contribution in [1.29, 1.82) is 0 Å². The van der Waals surface area contributed by atoms with E-state index >= 15 is 0 Å². The highest BCUT2D eigenvalue weighted by Crippen LogP contribution is 2.09. The lowest BCUT2D eigenvalue weighted by Crippen LogP contribution is -2.19. The van der Waals surface area contributed by atoms with Gasteiger partial charge >= 0.3 is 6.08 Å². The summed E-state index contributed by atoms with van der Waals surface area (Å²) in [6, 6.07) is 0. The molecule has 0 amide bonds. The van der Waals surface area contributed by atoms with Crippen molar-refractivity contribution in [3.05, 3.63) is 12.0 Å². The maximum atomic E-state index is 5.41. The lowest BCUT2D eigenvalue weighted by molar-refractivity contribution is 0.0724. The van der Waals surface area contributed by atoms with E-state index < -0.39 is 0 Å². The number of nitrogens with zero attached hydrogens (tertiary/aromatic N) is 1. The zero-order chi connectivity index (χ0) is 14.1. The minimum atomic E-state index is 0.314. The zero-order valence-corrected chi connectivity index (χ0v) is 12.4. The summed E-state index contributed by atoms with van der Waals surface area (Å²) in [7, 11) is 0. The predicted molar refractivity (Wildman–Crippen MR) is 74.2 cm³/mol. The standard InChI is InChI=1S/C14H26N2O3/c1-11(2)7-15-8-13-10-19-14(16-13)18-6-5-17-9-12(3)4/h10-12,15H,5-9H2,1-4H3. The molecule has 0 aliphatic carbocycles. The third-order valence-electron chi connectivity index (χ3n) is 2.29. The van der Waals surface area contributed by atoms with Crippen LogP contribution >= 0.6 is 0 Å². The van der Waals surface area contributed by atoms with Crippen LogP contribution in [0.25, 0.3) is 0 Å². The van der Waals surface area contributed by atoms with Gasteiger partial charge in [0, 0.05) is 13.2 Å². The maximum Gasteiger partial charge on any atom is 0.393 e. The van der Waals surface area contributed by atoms with Crippen molar-refractivity contribution < 1.29 is 13.9 Å². The average Bonchev–Trinajstić information content (AvgIpc) is 2.76. The smallest absolute Gasteiger partial charge is 0.393 e. The second-order valence-corrected chi connectivity index (χ2v) is 5.45. The van der Waals surface area contributed by atoms with E-state index in [0.717, 1.165) is 18.8 Å². The minimum absolute atomic E-state index is 0.314. The van der Waals surface area contributed by atoms with E-state index in [1.165, 1.54) is 0 Å². The van der Waals surface area contributed by atoms with Crippen molar-refractivity contribution in [3.8, 4) is 6.08 Å². The highest BCUT2D eigenvalue weighted by molar-refractivity contribution is 4.99. The Bertz CT molecular complexity index is 337. The summed E-state index contributed by atoms with van der Waals surface area (Å²) in [6.07, 6.45) is 1.94. The summed E-state index contributed by atoms with van der Waals surface area (Å²) >= 11 is 0. The van der Waals surface area contributed by atoms with Crippen LogP contribution in [0.2, 0.25) is 0 Å². The fourth-order valence-electron chi connectivity index (χ4n) is 1.43. The molecular weight excluding hydrogens is 244 g/mol. The summed E-state index contributed by atoms with van der Waals surface area (Å²) in [6.45, 7) is 12.0. The second kappa shape index (κ2) is 8.93. The summed E-state index contributed by atoms with van der Waals surface area (Å²) in [5, 5.41) is 3.30. The molecule has 1 N–H and O–H groups in total. The van der Waals surface area contributed by atoms with Crippen LogP contribution < -0.4 is 10.1 Å². The molecule has 0 saturated heterocycles. The predicted octanol–water partition coefficient (Wildman–Crippen LogP) is 2.47. The summed E-state index contributed by atoms with van der Waals surface area (Å²) in [5.41, 5.74) is 0.860. The molecule has 0 bridgehead atoms. The van der Waals surface area contributed by atoms with E-state index in [2.05, 4.69) is 38.0 Å². The number of aromatic nitrogens is 1. The van der Waals surface area contributed by atoms with Crippen LogP contribution in [0.15, 0.2) is 10.7 Å². The third-order valence-corrected chi connectivity index (χ3v) is 2.29. The first-order chi connectivity index (χ1) is 9.08. The van der Waals surface area contributed by atoms with Crippen LogP contribution in [-0.4, -0.2) is 31.3 Å². The molecule has 0 aliphatic heterocycles. The Morgan fingerprint density at radius 2 is 2.00 bits per heavy atom. The first-order valence-electron chi connectivity index (χ1n) is 6.93. The molecule has 1 heterocycles. The van der Waals surface area contributed by atoms with Gasteiger partial charge in [-0.05, 0) is 18.4 Å². The van der Waals surface area contributed by atoms with E-state index in [1.807, 2.05) is 0 Å². The molecule has 1 rings (SSSR count). The van der Waals surface area contributed by atoms with Gasteiger partial charge in [0.05, 0.1) is 12.3 Å². The van der Waals surface area contributed by atoms with E-state index in [4.69, 9.17) is 13.9 Å². The monoisotopic (exact) mass is 270 g/mol. The number of rotatable bonds is 10. The fraction of sp³-hybridized carbons (Fsp3) is 0.786. The topological polar surface area (TPSA) is 56.5 Å². The Hall–Kier alpha value is -1.07. The SMILES string of the molecule is CC(C)CNCc1coc(OCCOCC(C)C)n1. The molecule has 0 unspecified atom stereocenters. The first kappa shape index (κ1) is 16.0. The molecule has 0 aromatic carbocycles. The van der Waals surface area contributed by atoms with Gasteiger partial charge in [-0.25, -0.2) is 0 Å². The van der Waals surface area contributed by atoms with Crippen LogP contribution in [0.1, 0.15) is 33.4 Å². The summed E-state index contributed by atoms with van der Waals surface area (Å²) in [5.74, 6) is 1.17. The molecule has 19 heavy (non-hydrogen) atoms. The maximum absolute atomic E-state index is 5.41. The zero-order valence-electron chi connectivity index (χ0n) is 12.4. The number of hydrogen-bond acceptors (Lipinski definition) is 5. The number of hydrogen-bond donors (Lipinski definition) is 1. The molecule has 0 fully saturated rings. The van der Waals surface area contributed by atoms with E-state index in [9.17, 15) is 0 Å². The van der Waals surface area contributed by atoms with Crippen LogP contribution in [0.5, 0.6) is 6.08 Å². The molecule has 0 aliphatic rings. The minimum Gasteiger partial charge on any atom is -0.448 e. The molecule has 0 saturated carbocycles. The first-order valence-corrected chi connectivity index (χ1v) is 6.93. The number of oxazole rings is 1. The van der Waals surface area contributed by atoms with Crippen molar-refractivity contribution >= 4 is 0 Å². The Morgan fingerprint density at radius 3 is 2.68 bits per heavy atom. The lowest BCUT2D eigenvalue weighted by Gasteiger charge is -2.06. The Balaban J connectivity index is 2.12. The average molecular weight is 270 g/mol. The van der Waals surface area contributed by atoms with Crippen molar-refractivity contribution in [2.75, 3.05) is 26.4 Å². The Kier molecular flexibility index (Phi) is 7.52. The molecule has 110 valence electrons. The third kappa shape index (κ3) is 7.85. The normalized spacial score (nSPS) is 11.5. The van der Waals surface area contributed by atoms with Gasteiger partial charge in [0.2, 0.25) is 0 Å². The largest absolute Gasteiger partial charge is 0.448 e. The number of ether oxygens (including phenoxy) is 2. The molecule has 0 radical (unpaired) electrons. The van der Waals surface area contributed by atoms with Crippen LogP contribution in [-0.2, 0) is 11.3 Å². The van der Waals surface area contributed by atoms with E-state index in [1.54, 1.807) is 6.26 Å².